The molecule has 1 N–H and O–H groups in total. The van der Waals surface area contributed by atoms with E-state index < -0.39 is 5.92 Å². The molecule has 9 nitrogen and oxygen atoms in total. The average molecular weight is 507 g/mol. The van der Waals surface area contributed by atoms with Crippen molar-refractivity contribution in [2.45, 2.75) is 31.6 Å². The van der Waals surface area contributed by atoms with Gasteiger partial charge < -0.3 is 33.5 Å². The van der Waals surface area contributed by atoms with E-state index in [4.69, 9.17) is 28.2 Å². The Hall–Kier alpha value is -4.14. The van der Waals surface area contributed by atoms with E-state index >= 15 is 0 Å². The molecular formula is C28H30N2O7. The van der Waals surface area contributed by atoms with Crippen LogP contribution in [-0.4, -0.2) is 46.5 Å². The van der Waals surface area contributed by atoms with Crippen molar-refractivity contribution in [3.8, 4) is 28.7 Å². The summed E-state index contributed by atoms with van der Waals surface area (Å²) < 4.78 is 33.6. The summed E-state index contributed by atoms with van der Waals surface area (Å²) in [5.74, 6) is 3.06. The standard InChI is InChI=1S/C28H30N2O7/c1-14-25-26(18-12-23(35-5)24(36-6)13-22(18)34-4)27-19(29-28(25)37-30-14)9-15(10-20(27)31)17-11-16(32-2)7-8-21(17)33-3/h7-8,11-13,15,26,29H,9-10H2,1-6H3/t15-,26-/m1/s1. The molecule has 0 saturated carbocycles. The number of ketones is 1. The molecule has 2 atom stereocenters. The molecule has 0 unspecified atom stereocenters. The molecular weight excluding hydrogens is 476 g/mol. The Balaban J connectivity index is 1.67. The summed E-state index contributed by atoms with van der Waals surface area (Å²) in [6.45, 7) is 1.87. The van der Waals surface area contributed by atoms with E-state index in [0.29, 0.717) is 58.7 Å². The maximum atomic E-state index is 14.0. The van der Waals surface area contributed by atoms with E-state index in [9.17, 15) is 4.79 Å². The van der Waals surface area contributed by atoms with Crippen LogP contribution in [0.3, 0.4) is 0 Å². The Labute approximate surface area is 215 Å². The van der Waals surface area contributed by atoms with Crippen molar-refractivity contribution >= 4 is 11.7 Å². The van der Waals surface area contributed by atoms with Gasteiger partial charge in [0.05, 0.1) is 52.7 Å². The number of aromatic nitrogens is 1. The second-order valence-electron chi connectivity index (χ2n) is 9.05. The highest BCUT2D eigenvalue weighted by Crippen LogP contribution is 2.53. The largest absolute Gasteiger partial charge is 0.497 e. The van der Waals surface area contributed by atoms with Crippen LogP contribution >= 0.6 is 0 Å². The zero-order valence-corrected chi connectivity index (χ0v) is 21.8. The van der Waals surface area contributed by atoms with Crippen molar-refractivity contribution in [1.29, 1.82) is 0 Å². The molecule has 194 valence electrons. The Morgan fingerprint density at radius 2 is 1.54 bits per heavy atom. The van der Waals surface area contributed by atoms with Gasteiger partial charge in [-0.1, -0.05) is 5.16 Å². The number of hydrogen-bond donors (Lipinski definition) is 1. The van der Waals surface area contributed by atoms with Crippen molar-refractivity contribution in [2.75, 3.05) is 40.9 Å². The van der Waals surface area contributed by atoms with Gasteiger partial charge in [0.2, 0.25) is 5.88 Å². The molecule has 0 saturated heterocycles. The number of aryl methyl sites for hydroxylation is 1. The number of hydrogen-bond acceptors (Lipinski definition) is 9. The Bertz CT molecular complexity index is 1390. The van der Waals surface area contributed by atoms with E-state index in [1.807, 2.05) is 31.2 Å². The van der Waals surface area contributed by atoms with E-state index in [2.05, 4.69) is 10.5 Å². The molecule has 5 rings (SSSR count). The molecule has 1 aliphatic carbocycles. The molecule has 0 fully saturated rings. The van der Waals surface area contributed by atoms with Crippen molar-refractivity contribution in [1.82, 2.24) is 5.16 Å². The fourth-order valence-electron chi connectivity index (χ4n) is 5.44. The zero-order valence-electron chi connectivity index (χ0n) is 21.8. The van der Waals surface area contributed by atoms with Gasteiger partial charge in [-0.15, -0.1) is 0 Å². The minimum absolute atomic E-state index is 0.0247. The number of allylic oxidation sites excluding steroid dienone is 2. The van der Waals surface area contributed by atoms with Crippen LogP contribution < -0.4 is 29.0 Å². The third-order valence-electron chi connectivity index (χ3n) is 7.18. The van der Waals surface area contributed by atoms with Crippen LogP contribution in [0.1, 0.15) is 47.1 Å². The second kappa shape index (κ2) is 9.72. The maximum Gasteiger partial charge on any atom is 0.233 e. The van der Waals surface area contributed by atoms with Gasteiger partial charge in [-0.05, 0) is 37.6 Å². The van der Waals surface area contributed by atoms with E-state index in [0.717, 1.165) is 22.4 Å². The summed E-state index contributed by atoms with van der Waals surface area (Å²) in [6.07, 6.45) is 0.895. The summed E-state index contributed by atoms with van der Waals surface area (Å²) in [6, 6.07) is 9.28. The monoisotopic (exact) mass is 506 g/mol. The zero-order chi connectivity index (χ0) is 26.3. The number of ether oxygens (including phenoxy) is 5. The van der Waals surface area contributed by atoms with Gasteiger partial charge in [0.25, 0.3) is 0 Å². The van der Waals surface area contributed by atoms with Crippen LogP contribution in [0.5, 0.6) is 28.7 Å². The first-order valence-corrected chi connectivity index (χ1v) is 11.9. The smallest absolute Gasteiger partial charge is 0.233 e. The highest BCUT2D eigenvalue weighted by molar-refractivity contribution is 6.02. The van der Waals surface area contributed by atoms with E-state index in [1.165, 1.54) is 0 Å². The molecule has 37 heavy (non-hydrogen) atoms. The predicted octanol–water partition coefficient (Wildman–Crippen LogP) is 4.98. The number of Topliss-reactive ketones (excluding diaryl/α,β-unsaturated/α-hetero) is 1. The number of anilines is 1. The number of rotatable bonds is 7. The lowest BCUT2D eigenvalue weighted by Crippen LogP contribution is -2.30. The third kappa shape index (κ3) is 4.04. The highest BCUT2D eigenvalue weighted by atomic mass is 16.5. The molecule has 0 amide bonds. The average Bonchev–Trinajstić information content (AvgIpc) is 3.30. The van der Waals surface area contributed by atoms with Crippen molar-refractivity contribution in [3.63, 3.8) is 0 Å². The number of carbonyl (C=O) groups excluding carboxylic acids is 1. The maximum absolute atomic E-state index is 14.0. The van der Waals surface area contributed by atoms with Crippen LogP contribution in [0, 0.1) is 6.92 Å². The number of fused-ring (bicyclic) bond motifs is 1. The topological polar surface area (TPSA) is 101 Å². The van der Waals surface area contributed by atoms with Crippen molar-refractivity contribution < 1.29 is 33.0 Å². The normalized spacial score (nSPS) is 18.5. The van der Waals surface area contributed by atoms with Gasteiger partial charge in [0, 0.05) is 40.8 Å². The Morgan fingerprint density at radius 1 is 0.838 bits per heavy atom. The first-order chi connectivity index (χ1) is 17.9. The second-order valence-corrected chi connectivity index (χ2v) is 9.05. The van der Waals surface area contributed by atoms with Gasteiger partial charge in [0.15, 0.2) is 17.3 Å². The number of nitrogens with one attached hydrogen (secondary N) is 1. The number of nitrogens with zero attached hydrogens (tertiary/aromatic N) is 1. The number of benzene rings is 2. The van der Waals surface area contributed by atoms with Crippen LogP contribution in [0.25, 0.3) is 0 Å². The van der Waals surface area contributed by atoms with Gasteiger partial charge in [-0.25, -0.2) is 0 Å². The van der Waals surface area contributed by atoms with Crippen LogP contribution in [0.15, 0.2) is 46.1 Å². The Morgan fingerprint density at radius 3 is 2.22 bits per heavy atom. The minimum Gasteiger partial charge on any atom is -0.497 e. The molecule has 3 aromatic rings. The summed E-state index contributed by atoms with van der Waals surface area (Å²) in [7, 11) is 7.99. The van der Waals surface area contributed by atoms with Crippen LogP contribution in [0.4, 0.5) is 5.88 Å². The first kappa shape index (κ1) is 24.5. The summed E-state index contributed by atoms with van der Waals surface area (Å²) in [5, 5.41) is 7.57. The molecule has 2 aromatic carbocycles. The summed E-state index contributed by atoms with van der Waals surface area (Å²) in [5.41, 5.74) is 4.64. The lowest BCUT2D eigenvalue weighted by molar-refractivity contribution is -0.116. The van der Waals surface area contributed by atoms with Gasteiger partial charge in [0.1, 0.15) is 17.2 Å². The lowest BCUT2D eigenvalue weighted by atomic mass is 9.72. The minimum atomic E-state index is -0.451. The van der Waals surface area contributed by atoms with Crippen molar-refractivity contribution in [3.05, 3.63) is 64.0 Å². The fourth-order valence-corrected chi connectivity index (χ4v) is 5.44. The van der Waals surface area contributed by atoms with Gasteiger partial charge >= 0.3 is 0 Å². The van der Waals surface area contributed by atoms with Crippen molar-refractivity contribution in [2.24, 2.45) is 0 Å². The molecule has 2 aliphatic rings. The lowest BCUT2D eigenvalue weighted by Gasteiger charge is -2.35. The molecule has 2 heterocycles. The van der Waals surface area contributed by atoms with Gasteiger partial charge in [-0.3, -0.25) is 4.79 Å². The first-order valence-electron chi connectivity index (χ1n) is 11.9. The highest BCUT2D eigenvalue weighted by Gasteiger charge is 2.43. The quantitative estimate of drug-likeness (QED) is 0.475. The molecule has 0 bridgehead atoms. The molecule has 1 aromatic heterocycles. The molecule has 1 aliphatic heterocycles. The van der Waals surface area contributed by atoms with Crippen LogP contribution in [0.2, 0.25) is 0 Å². The fraction of sp³-hybridized carbons (Fsp3) is 0.357. The van der Waals surface area contributed by atoms with Crippen LogP contribution in [-0.2, 0) is 4.79 Å². The Kier molecular flexibility index (Phi) is 6.45. The summed E-state index contributed by atoms with van der Waals surface area (Å²) >= 11 is 0. The summed E-state index contributed by atoms with van der Waals surface area (Å²) in [4.78, 5) is 14.0. The molecule has 9 heteroatoms. The van der Waals surface area contributed by atoms with E-state index in [-0.39, 0.29) is 11.7 Å². The molecule has 0 radical (unpaired) electrons. The third-order valence-corrected chi connectivity index (χ3v) is 7.18. The number of carbonyl (C=O) groups is 1. The van der Waals surface area contributed by atoms with E-state index in [1.54, 1.807) is 41.6 Å². The van der Waals surface area contributed by atoms with Gasteiger partial charge in [-0.2, -0.15) is 0 Å². The number of methoxy groups -OCH3 is 5. The SMILES string of the molecule is COc1ccc(OC)c([C@H]2CC(=O)C3=C(C2)Nc2onc(C)c2[C@H]3c2cc(OC)c(OC)cc2OC)c1. The predicted molar refractivity (Wildman–Crippen MR) is 136 cm³/mol. The molecule has 0 spiro atoms.